The largest absolute Gasteiger partial charge is 0.310 e. The molecule has 2 aromatic rings. The van der Waals surface area contributed by atoms with E-state index < -0.39 is 0 Å². The first kappa shape index (κ1) is 15.8. The number of nitrogens with one attached hydrogen (secondary N) is 1. The number of hydrogen-bond donors (Lipinski definition) is 1. The van der Waals surface area contributed by atoms with Gasteiger partial charge in [0, 0.05) is 48.7 Å². The molecular formula is C16H27N5. The van der Waals surface area contributed by atoms with Gasteiger partial charge in [0.2, 0.25) is 0 Å². The molecule has 0 bridgehead atoms. The molecule has 2 aromatic heterocycles. The maximum absolute atomic E-state index is 4.68. The molecule has 0 saturated heterocycles. The molecule has 0 aliphatic rings. The molecule has 0 aromatic carbocycles. The fourth-order valence-corrected chi connectivity index (χ4v) is 2.70. The molecule has 0 amide bonds. The molecule has 116 valence electrons. The second-order valence-corrected chi connectivity index (χ2v) is 6.30. The summed E-state index contributed by atoms with van der Waals surface area (Å²) in [4.78, 5) is 0. The summed E-state index contributed by atoms with van der Waals surface area (Å²) in [5.41, 5.74) is 5.68. The van der Waals surface area contributed by atoms with Crippen LogP contribution in [0.5, 0.6) is 0 Å². The van der Waals surface area contributed by atoms with Gasteiger partial charge in [-0.2, -0.15) is 10.2 Å². The second-order valence-electron chi connectivity index (χ2n) is 6.30. The first-order chi connectivity index (χ1) is 9.81. The van der Waals surface area contributed by atoms with E-state index in [1.54, 1.807) is 0 Å². The van der Waals surface area contributed by atoms with Crippen LogP contribution in [0.4, 0.5) is 0 Å². The number of aromatic nitrogens is 4. The van der Waals surface area contributed by atoms with Crippen LogP contribution in [-0.2, 0) is 13.6 Å². The van der Waals surface area contributed by atoms with Crippen molar-refractivity contribution >= 4 is 0 Å². The first-order valence-electron chi connectivity index (χ1n) is 7.63. The number of nitrogens with zero attached hydrogens (tertiary/aromatic N) is 4. The van der Waals surface area contributed by atoms with Crippen LogP contribution in [0.3, 0.4) is 0 Å². The zero-order valence-electron chi connectivity index (χ0n) is 14.2. The highest BCUT2D eigenvalue weighted by molar-refractivity contribution is 5.67. The minimum absolute atomic E-state index is 0.360. The number of rotatable bonds is 5. The van der Waals surface area contributed by atoms with E-state index in [1.807, 2.05) is 11.7 Å². The van der Waals surface area contributed by atoms with Crippen LogP contribution in [0, 0.1) is 13.8 Å². The van der Waals surface area contributed by atoms with Gasteiger partial charge in [-0.05, 0) is 27.7 Å². The minimum atomic E-state index is 0.360. The van der Waals surface area contributed by atoms with Crippen molar-refractivity contribution in [3.05, 3.63) is 23.1 Å². The molecule has 0 unspecified atom stereocenters. The Bertz CT molecular complexity index is 619. The fraction of sp³-hybridized carbons (Fsp3) is 0.625. The molecule has 21 heavy (non-hydrogen) atoms. The summed E-state index contributed by atoms with van der Waals surface area (Å²) in [5.74, 6) is 0. The van der Waals surface area contributed by atoms with Gasteiger partial charge in [0.1, 0.15) is 5.69 Å². The van der Waals surface area contributed by atoms with Gasteiger partial charge >= 0.3 is 0 Å². The van der Waals surface area contributed by atoms with Crippen molar-refractivity contribution < 1.29 is 0 Å². The second kappa shape index (κ2) is 6.02. The minimum Gasteiger partial charge on any atom is -0.310 e. The van der Waals surface area contributed by atoms with Gasteiger partial charge in [0.15, 0.2) is 0 Å². The Balaban J connectivity index is 2.47. The van der Waals surface area contributed by atoms with Gasteiger partial charge in [-0.1, -0.05) is 13.8 Å². The van der Waals surface area contributed by atoms with Crippen LogP contribution in [0.1, 0.15) is 50.7 Å². The molecule has 2 rings (SSSR count). The molecule has 0 aliphatic heterocycles. The summed E-state index contributed by atoms with van der Waals surface area (Å²) in [6, 6.07) is 0.817. The van der Waals surface area contributed by atoms with E-state index in [-0.39, 0.29) is 0 Å². The fourth-order valence-electron chi connectivity index (χ4n) is 2.70. The van der Waals surface area contributed by atoms with Crippen LogP contribution in [0.25, 0.3) is 11.3 Å². The Kier molecular flexibility index (Phi) is 4.52. The molecule has 0 atom stereocenters. The topological polar surface area (TPSA) is 47.7 Å². The lowest BCUT2D eigenvalue weighted by molar-refractivity contribution is 0.516. The van der Waals surface area contributed by atoms with E-state index in [0.29, 0.717) is 12.1 Å². The van der Waals surface area contributed by atoms with Gasteiger partial charge in [0.25, 0.3) is 0 Å². The van der Waals surface area contributed by atoms with Gasteiger partial charge < -0.3 is 5.32 Å². The Morgan fingerprint density at radius 1 is 1.14 bits per heavy atom. The quantitative estimate of drug-likeness (QED) is 0.920. The molecule has 0 aliphatic carbocycles. The van der Waals surface area contributed by atoms with Crippen LogP contribution in [-0.4, -0.2) is 25.6 Å². The standard InChI is InChI=1S/C16H27N5/c1-10(2)17-8-14-9-20(7)19-16(14)15-12(5)18-21(11(3)4)13(15)6/h9-11,17H,8H2,1-7H3. The third kappa shape index (κ3) is 3.18. The summed E-state index contributed by atoms with van der Waals surface area (Å²) in [5, 5.41) is 12.8. The van der Waals surface area contributed by atoms with Crippen molar-refractivity contribution in [2.75, 3.05) is 0 Å². The van der Waals surface area contributed by atoms with E-state index in [1.165, 1.54) is 16.8 Å². The van der Waals surface area contributed by atoms with Gasteiger partial charge in [-0.15, -0.1) is 0 Å². The maximum Gasteiger partial charge on any atom is 0.100 e. The number of hydrogen-bond acceptors (Lipinski definition) is 3. The normalized spacial score (nSPS) is 11.9. The van der Waals surface area contributed by atoms with Crippen LogP contribution in [0.15, 0.2) is 6.20 Å². The van der Waals surface area contributed by atoms with Crippen molar-refractivity contribution in [2.45, 2.75) is 60.2 Å². The highest BCUT2D eigenvalue weighted by Gasteiger charge is 2.20. The maximum atomic E-state index is 4.68. The van der Waals surface area contributed by atoms with Gasteiger partial charge in [0.05, 0.1) is 5.69 Å². The van der Waals surface area contributed by atoms with Crippen LogP contribution >= 0.6 is 0 Å². The van der Waals surface area contributed by atoms with Crippen molar-refractivity contribution in [3.63, 3.8) is 0 Å². The monoisotopic (exact) mass is 289 g/mol. The third-order valence-corrected chi connectivity index (χ3v) is 3.66. The predicted molar refractivity (Wildman–Crippen MR) is 86.3 cm³/mol. The molecule has 5 nitrogen and oxygen atoms in total. The summed E-state index contributed by atoms with van der Waals surface area (Å²) in [7, 11) is 1.97. The van der Waals surface area contributed by atoms with E-state index in [4.69, 9.17) is 0 Å². The lowest BCUT2D eigenvalue weighted by Gasteiger charge is -2.10. The SMILES string of the molecule is Cc1nn(C(C)C)c(C)c1-c1nn(C)cc1CNC(C)C. The molecule has 0 fully saturated rings. The molecule has 0 spiro atoms. The van der Waals surface area contributed by atoms with Crippen LogP contribution < -0.4 is 5.32 Å². The molecular weight excluding hydrogens is 262 g/mol. The van der Waals surface area contributed by atoms with E-state index >= 15 is 0 Å². The lowest BCUT2D eigenvalue weighted by Crippen LogP contribution is -2.21. The summed E-state index contributed by atoms with van der Waals surface area (Å²) < 4.78 is 3.97. The molecule has 1 N–H and O–H groups in total. The Hall–Kier alpha value is -1.62. The summed E-state index contributed by atoms with van der Waals surface area (Å²) in [6.07, 6.45) is 2.09. The van der Waals surface area contributed by atoms with Gasteiger partial charge in [-0.25, -0.2) is 0 Å². The van der Waals surface area contributed by atoms with Crippen molar-refractivity contribution in [1.82, 2.24) is 24.9 Å². The zero-order chi connectivity index (χ0) is 15.7. The molecule has 2 heterocycles. The highest BCUT2D eigenvalue weighted by atomic mass is 15.3. The van der Waals surface area contributed by atoms with Crippen molar-refractivity contribution in [2.24, 2.45) is 7.05 Å². The zero-order valence-corrected chi connectivity index (χ0v) is 14.2. The average Bonchev–Trinajstić information content (AvgIpc) is 2.87. The van der Waals surface area contributed by atoms with E-state index in [2.05, 4.69) is 67.9 Å². The van der Waals surface area contributed by atoms with Crippen molar-refractivity contribution in [1.29, 1.82) is 0 Å². The van der Waals surface area contributed by atoms with Crippen molar-refractivity contribution in [3.8, 4) is 11.3 Å². The molecule has 0 saturated carbocycles. The Morgan fingerprint density at radius 2 is 1.81 bits per heavy atom. The smallest absolute Gasteiger partial charge is 0.100 e. The van der Waals surface area contributed by atoms with Crippen LogP contribution in [0.2, 0.25) is 0 Å². The predicted octanol–water partition coefficient (Wildman–Crippen LogP) is 2.98. The highest BCUT2D eigenvalue weighted by Crippen LogP contribution is 2.30. The Morgan fingerprint density at radius 3 is 2.33 bits per heavy atom. The third-order valence-electron chi connectivity index (χ3n) is 3.66. The van der Waals surface area contributed by atoms with E-state index in [9.17, 15) is 0 Å². The lowest BCUT2D eigenvalue weighted by atomic mass is 10.1. The van der Waals surface area contributed by atoms with Gasteiger partial charge in [-0.3, -0.25) is 9.36 Å². The first-order valence-corrected chi connectivity index (χ1v) is 7.63. The summed E-state index contributed by atoms with van der Waals surface area (Å²) >= 11 is 0. The molecule has 0 radical (unpaired) electrons. The molecule has 5 heteroatoms. The average molecular weight is 289 g/mol. The summed E-state index contributed by atoms with van der Waals surface area (Å²) in [6.45, 7) is 13.6. The number of aryl methyl sites for hydroxylation is 2. The Labute approximate surface area is 127 Å². The van der Waals surface area contributed by atoms with E-state index in [0.717, 1.165) is 17.9 Å².